The van der Waals surface area contributed by atoms with Crippen LogP contribution in [0.25, 0.3) is 0 Å². The van der Waals surface area contributed by atoms with Crippen LogP contribution < -0.4 is 4.90 Å². The minimum atomic E-state index is -0.0598. The molecule has 0 aliphatic heterocycles. The van der Waals surface area contributed by atoms with Crippen molar-refractivity contribution in [2.24, 2.45) is 10.4 Å². The molecule has 0 heterocycles. The Morgan fingerprint density at radius 1 is 1.00 bits per heavy atom. The fourth-order valence-electron chi connectivity index (χ4n) is 0.986. The highest BCUT2D eigenvalue weighted by Gasteiger charge is 2.04. The van der Waals surface area contributed by atoms with Crippen molar-refractivity contribution in [2.75, 3.05) is 18.2 Å². The second-order valence-electron chi connectivity index (χ2n) is 2.42. The van der Waals surface area contributed by atoms with Gasteiger partial charge in [-0.2, -0.15) is 0 Å². The van der Waals surface area contributed by atoms with Gasteiger partial charge >= 0.3 is 0 Å². The predicted molar refractivity (Wildman–Crippen MR) is 50.2 cm³/mol. The van der Waals surface area contributed by atoms with E-state index in [-0.39, 0.29) is 13.3 Å². The Balaban J connectivity index is 2.75. The molecule has 0 N–H and O–H groups in total. The van der Waals surface area contributed by atoms with Crippen molar-refractivity contribution in [3.8, 4) is 0 Å². The highest BCUT2D eigenvalue weighted by Crippen LogP contribution is 2.12. The van der Waals surface area contributed by atoms with Gasteiger partial charge in [0.25, 0.3) is 0 Å². The summed E-state index contributed by atoms with van der Waals surface area (Å²) in [5, 5.41) is 5.42. The average molecular weight is 179 g/mol. The first-order valence-corrected chi connectivity index (χ1v) is 3.76. The van der Waals surface area contributed by atoms with E-state index in [4.69, 9.17) is 0 Å². The molecular formula is C8H9N3O2. The number of benzene rings is 1. The van der Waals surface area contributed by atoms with E-state index in [9.17, 15) is 9.81 Å². The summed E-state index contributed by atoms with van der Waals surface area (Å²) in [6, 6.07) is 9.06. The van der Waals surface area contributed by atoms with Gasteiger partial charge in [0.1, 0.15) is 0 Å². The van der Waals surface area contributed by atoms with Crippen LogP contribution in [0.2, 0.25) is 0 Å². The van der Waals surface area contributed by atoms with Crippen LogP contribution in [0.3, 0.4) is 0 Å². The van der Waals surface area contributed by atoms with E-state index in [1.54, 1.807) is 12.1 Å². The topological polar surface area (TPSA) is 62.1 Å². The van der Waals surface area contributed by atoms with Crippen molar-refractivity contribution >= 4 is 5.69 Å². The molecule has 1 aromatic rings. The van der Waals surface area contributed by atoms with E-state index < -0.39 is 0 Å². The van der Waals surface area contributed by atoms with Crippen molar-refractivity contribution in [3.05, 3.63) is 40.1 Å². The summed E-state index contributed by atoms with van der Waals surface area (Å²) >= 11 is 0. The molecule has 0 saturated heterocycles. The minimum absolute atomic E-state index is 0.0598. The number of hydrogen-bond donors (Lipinski definition) is 0. The van der Waals surface area contributed by atoms with Crippen LogP contribution in [0.5, 0.6) is 0 Å². The molecule has 0 saturated carbocycles. The second-order valence-corrected chi connectivity index (χ2v) is 2.42. The van der Waals surface area contributed by atoms with Crippen molar-refractivity contribution in [3.63, 3.8) is 0 Å². The van der Waals surface area contributed by atoms with Crippen LogP contribution in [0.15, 0.2) is 40.7 Å². The lowest BCUT2D eigenvalue weighted by Gasteiger charge is -2.16. The van der Waals surface area contributed by atoms with E-state index in [1.165, 1.54) is 4.90 Å². The minimum Gasteiger partial charge on any atom is -0.326 e. The number of para-hydroxylation sites is 1. The number of anilines is 1. The highest BCUT2D eigenvalue weighted by atomic mass is 16.3. The molecular weight excluding hydrogens is 170 g/mol. The molecule has 5 heteroatoms. The van der Waals surface area contributed by atoms with E-state index in [1.807, 2.05) is 18.2 Å². The Morgan fingerprint density at radius 3 is 2.00 bits per heavy atom. The number of nitrogens with zero attached hydrogens (tertiary/aromatic N) is 3. The third-order valence-electron chi connectivity index (χ3n) is 1.58. The van der Waals surface area contributed by atoms with Crippen LogP contribution in [0.1, 0.15) is 0 Å². The Hall–Kier alpha value is -1.78. The van der Waals surface area contributed by atoms with E-state index in [0.717, 1.165) is 5.69 Å². The van der Waals surface area contributed by atoms with Gasteiger partial charge in [-0.3, -0.25) is 0 Å². The monoisotopic (exact) mass is 179 g/mol. The molecule has 1 rings (SSSR count). The number of nitroso groups, excluding NO2 is 2. The average Bonchev–Trinajstić information content (AvgIpc) is 2.19. The first-order valence-electron chi connectivity index (χ1n) is 3.76. The van der Waals surface area contributed by atoms with Gasteiger partial charge in [0.15, 0.2) is 13.3 Å². The molecule has 0 aliphatic rings. The molecule has 13 heavy (non-hydrogen) atoms. The smallest absolute Gasteiger partial charge is 0.154 e. The van der Waals surface area contributed by atoms with Crippen molar-refractivity contribution in [2.45, 2.75) is 0 Å². The molecule has 0 bridgehead atoms. The molecule has 68 valence electrons. The van der Waals surface area contributed by atoms with Gasteiger partial charge in [0.2, 0.25) is 0 Å². The second kappa shape index (κ2) is 4.97. The number of hydrogen-bond acceptors (Lipinski definition) is 5. The Labute approximate surface area is 75.3 Å². The predicted octanol–water partition coefficient (Wildman–Crippen LogP) is 1.94. The lowest BCUT2D eigenvalue weighted by Crippen LogP contribution is -2.22. The number of rotatable bonds is 5. The lowest BCUT2D eigenvalue weighted by molar-refractivity contribution is 0.817. The van der Waals surface area contributed by atoms with Crippen LogP contribution in [0, 0.1) is 9.81 Å². The van der Waals surface area contributed by atoms with Crippen LogP contribution in [0.4, 0.5) is 5.69 Å². The van der Waals surface area contributed by atoms with Gasteiger partial charge in [0.05, 0.1) is 0 Å². The Morgan fingerprint density at radius 2 is 1.54 bits per heavy atom. The van der Waals surface area contributed by atoms with Gasteiger partial charge in [-0.1, -0.05) is 18.2 Å². The normalized spacial score (nSPS) is 9.23. The summed E-state index contributed by atoms with van der Waals surface area (Å²) in [6.45, 7) is -0.120. The molecule has 0 aliphatic carbocycles. The zero-order chi connectivity index (χ0) is 9.52. The van der Waals surface area contributed by atoms with Crippen LogP contribution in [-0.2, 0) is 0 Å². The largest absolute Gasteiger partial charge is 0.326 e. The van der Waals surface area contributed by atoms with E-state index in [2.05, 4.69) is 10.4 Å². The molecule has 0 aromatic heterocycles. The van der Waals surface area contributed by atoms with Crippen molar-refractivity contribution in [1.29, 1.82) is 0 Å². The maximum atomic E-state index is 10.0. The molecule has 1 aromatic carbocycles. The van der Waals surface area contributed by atoms with Gasteiger partial charge in [-0.25, -0.2) is 0 Å². The molecule has 0 spiro atoms. The fourth-order valence-corrected chi connectivity index (χ4v) is 0.986. The summed E-state index contributed by atoms with van der Waals surface area (Å²) in [7, 11) is 0. The van der Waals surface area contributed by atoms with Crippen molar-refractivity contribution in [1.82, 2.24) is 0 Å². The maximum Gasteiger partial charge on any atom is 0.154 e. The summed E-state index contributed by atoms with van der Waals surface area (Å²) in [5.74, 6) is 0. The van der Waals surface area contributed by atoms with E-state index in [0.29, 0.717) is 0 Å². The SMILES string of the molecule is O=NCN(CN=O)c1ccccc1. The molecule has 0 fully saturated rings. The standard InChI is InChI=1S/C8H9N3O2/c12-9-6-11(7-10-13)8-4-2-1-3-5-8/h1-5H,6-7H2. The molecule has 0 radical (unpaired) electrons. The fraction of sp³-hybridized carbons (Fsp3) is 0.250. The maximum absolute atomic E-state index is 10.0. The molecule has 5 nitrogen and oxygen atoms in total. The van der Waals surface area contributed by atoms with Crippen LogP contribution in [-0.4, -0.2) is 13.3 Å². The quantitative estimate of drug-likeness (QED) is 0.649. The zero-order valence-corrected chi connectivity index (χ0v) is 6.96. The van der Waals surface area contributed by atoms with Gasteiger partial charge < -0.3 is 4.90 Å². The Kier molecular flexibility index (Phi) is 3.56. The summed E-state index contributed by atoms with van der Waals surface area (Å²) < 4.78 is 0. The lowest BCUT2D eigenvalue weighted by atomic mass is 10.3. The van der Waals surface area contributed by atoms with Crippen LogP contribution >= 0.6 is 0 Å². The summed E-state index contributed by atoms with van der Waals surface area (Å²) in [4.78, 5) is 21.5. The summed E-state index contributed by atoms with van der Waals surface area (Å²) in [6.07, 6.45) is 0. The van der Waals surface area contributed by atoms with Gasteiger partial charge in [-0.05, 0) is 22.5 Å². The molecule has 0 amide bonds. The van der Waals surface area contributed by atoms with E-state index >= 15 is 0 Å². The zero-order valence-electron chi connectivity index (χ0n) is 6.96. The highest BCUT2D eigenvalue weighted by molar-refractivity contribution is 5.45. The first kappa shape index (κ1) is 9.31. The van der Waals surface area contributed by atoms with Crippen molar-refractivity contribution < 1.29 is 0 Å². The third-order valence-corrected chi connectivity index (χ3v) is 1.58. The summed E-state index contributed by atoms with van der Waals surface area (Å²) in [5.41, 5.74) is 0.765. The first-order chi connectivity index (χ1) is 6.38. The molecule has 0 unspecified atom stereocenters. The molecule has 0 atom stereocenters. The van der Waals surface area contributed by atoms with Gasteiger partial charge in [0, 0.05) is 5.69 Å². The van der Waals surface area contributed by atoms with Gasteiger partial charge in [-0.15, -0.1) is 9.81 Å². The Bertz CT molecular complexity index is 266. The third kappa shape index (κ3) is 2.62.